The molecule has 4 nitrogen and oxygen atoms in total. The number of nitrogens with zero attached hydrogens (tertiary/aromatic N) is 1. The second-order valence-electron chi connectivity index (χ2n) is 2.74. The Morgan fingerprint density at radius 2 is 2.33 bits per heavy atom. The number of ether oxygens (including phenoxy) is 1. The summed E-state index contributed by atoms with van der Waals surface area (Å²) in [5, 5.41) is 8.44. The maximum atomic E-state index is 12.5. The normalized spacial score (nSPS) is 10.1. The Morgan fingerprint density at radius 1 is 1.67 bits per heavy atom. The molecule has 1 rings (SSSR count). The van der Waals surface area contributed by atoms with E-state index in [1.165, 1.54) is 7.11 Å². The molecular weight excluding hydrogens is 206 g/mol. The van der Waals surface area contributed by atoms with E-state index in [0.29, 0.717) is 0 Å². The number of hydrogen-bond acceptors (Lipinski definition) is 3. The van der Waals surface area contributed by atoms with Gasteiger partial charge in [-0.3, -0.25) is 4.79 Å². The molecule has 0 aliphatic rings. The van der Waals surface area contributed by atoms with Crippen LogP contribution < -0.4 is 10.3 Å². The van der Waals surface area contributed by atoms with Gasteiger partial charge in [0, 0.05) is 6.07 Å². The van der Waals surface area contributed by atoms with E-state index in [-0.39, 0.29) is 17.9 Å². The van der Waals surface area contributed by atoms with Crippen molar-refractivity contribution < 1.29 is 13.5 Å². The van der Waals surface area contributed by atoms with E-state index in [4.69, 9.17) is 10.00 Å². The fraction of sp³-hybridized carbons (Fsp3) is 0.333. The maximum Gasteiger partial charge on any atom is 0.267 e. The largest absolute Gasteiger partial charge is 0.494 e. The van der Waals surface area contributed by atoms with Crippen LogP contribution in [0.2, 0.25) is 0 Å². The minimum Gasteiger partial charge on any atom is -0.494 e. The Balaban J connectivity index is 3.39. The van der Waals surface area contributed by atoms with Crippen LogP contribution in [0.1, 0.15) is 17.7 Å². The van der Waals surface area contributed by atoms with Crippen LogP contribution in [0.3, 0.4) is 0 Å². The fourth-order valence-electron chi connectivity index (χ4n) is 1.23. The first-order chi connectivity index (χ1) is 7.10. The number of aromatic nitrogens is 1. The predicted molar refractivity (Wildman–Crippen MR) is 47.9 cm³/mol. The average molecular weight is 214 g/mol. The lowest BCUT2D eigenvalue weighted by Crippen LogP contribution is -2.12. The molecule has 0 radical (unpaired) electrons. The lowest BCUT2D eigenvalue weighted by atomic mass is 10.1. The summed E-state index contributed by atoms with van der Waals surface area (Å²) < 4.78 is 29.7. The Morgan fingerprint density at radius 3 is 2.80 bits per heavy atom. The molecule has 1 heterocycles. The third-order valence-corrected chi connectivity index (χ3v) is 1.79. The fourth-order valence-corrected chi connectivity index (χ4v) is 1.23. The summed E-state index contributed by atoms with van der Waals surface area (Å²) in [6, 6.07) is 2.53. The quantitative estimate of drug-likeness (QED) is 0.826. The van der Waals surface area contributed by atoms with Gasteiger partial charge in [-0.2, -0.15) is 5.26 Å². The summed E-state index contributed by atoms with van der Waals surface area (Å²) in [6.07, 6.45) is -2.99. The van der Waals surface area contributed by atoms with E-state index in [9.17, 15) is 13.6 Å². The highest BCUT2D eigenvalue weighted by Gasteiger charge is 2.18. The molecule has 0 bridgehead atoms. The molecule has 0 atom stereocenters. The summed E-state index contributed by atoms with van der Waals surface area (Å²) >= 11 is 0. The number of methoxy groups -OCH3 is 1. The molecule has 80 valence electrons. The topological polar surface area (TPSA) is 65.9 Å². The van der Waals surface area contributed by atoms with Crippen LogP contribution in [-0.2, 0) is 6.42 Å². The number of alkyl halides is 2. The molecule has 0 fully saturated rings. The first-order valence-corrected chi connectivity index (χ1v) is 4.05. The van der Waals surface area contributed by atoms with Crippen molar-refractivity contribution in [2.45, 2.75) is 12.8 Å². The van der Waals surface area contributed by atoms with Gasteiger partial charge in [-0.25, -0.2) is 8.78 Å². The number of aromatic amines is 1. The number of halogens is 2. The van der Waals surface area contributed by atoms with Crippen molar-refractivity contribution in [3.8, 4) is 11.8 Å². The number of H-pyrrole nitrogens is 1. The molecule has 0 saturated carbocycles. The van der Waals surface area contributed by atoms with Gasteiger partial charge < -0.3 is 9.72 Å². The highest BCUT2D eigenvalue weighted by atomic mass is 19.3. The van der Waals surface area contributed by atoms with Gasteiger partial charge in [0.05, 0.1) is 30.9 Å². The highest BCUT2D eigenvalue weighted by molar-refractivity contribution is 5.38. The molecule has 0 aliphatic heterocycles. The number of hydrogen-bond donors (Lipinski definition) is 1. The Labute approximate surface area is 84.1 Å². The molecule has 0 aromatic carbocycles. The standard InChI is InChI=1S/C9H8F2N2O2/c1-15-8-5(9(10)11)4-7(14)13-6(8)2-3-12/h4,9H,2H2,1H3,(H,13,14). The summed E-state index contributed by atoms with van der Waals surface area (Å²) in [6.45, 7) is 0. The van der Waals surface area contributed by atoms with Crippen LogP contribution in [0.25, 0.3) is 0 Å². The summed E-state index contributed by atoms with van der Waals surface area (Å²) in [5.74, 6) is -0.133. The van der Waals surface area contributed by atoms with Gasteiger partial charge in [0.2, 0.25) is 5.56 Å². The zero-order valence-corrected chi connectivity index (χ0v) is 7.88. The van der Waals surface area contributed by atoms with Gasteiger partial charge >= 0.3 is 0 Å². The Hall–Kier alpha value is -1.90. The van der Waals surface area contributed by atoms with E-state index >= 15 is 0 Å². The van der Waals surface area contributed by atoms with Crippen molar-refractivity contribution in [2.24, 2.45) is 0 Å². The molecular formula is C9H8F2N2O2. The van der Waals surface area contributed by atoms with Crippen LogP contribution in [0.5, 0.6) is 5.75 Å². The molecule has 0 saturated heterocycles. The van der Waals surface area contributed by atoms with Crippen LogP contribution in [0.15, 0.2) is 10.9 Å². The van der Waals surface area contributed by atoms with Gasteiger partial charge in [0.1, 0.15) is 5.75 Å². The Kier molecular flexibility index (Phi) is 3.39. The zero-order valence-electron chi connectivity index (χ0n) is 7.88. The number of nitrogens with one attached hydrogen (secondary N) is 1. The van der Waals surface area contributed by atoms with E-state index in [0.717, 1.165) is 6.07 Å². The van der Waals surface area contributed by atoms with Crippen LogP contribution >= 0.6 is 0 Å². The highest BCUT2D eigenvalue weighted by Crippen LogP contribution is 2.29. The van der Waals surface area contributed by atoms with Gasteiger partial charge in [-0.05, 0) is 0 Å². The van der Waals surface area contributed by atoms with E-state index < -0.39 is 17.5 Å². The average Bonchev–Trinajstić information content (AvgIpc) is 2.17. The van der Waals surface area contributed by atoms with Crippen LogP contribution in [-0.4, -0.2) is 12.1 Å². The minimum absolute atomic E-state index is 0.0720. The molecule has 6 heteroatoms. The zero-order chi connectivity index (χ0) is 11.4. The molecule has 1 N–H and O–H groups in total. The molecule has 0 spiro atoms. The summed E-state index contributed by atoms with van der Waals surface area (Å²) in [4.78, 5) is 13.3. The second kappa shape index (κ2) is 4.55. The molecule has 0 amide bonds. The van der Waals surface area contributed by atoms with Crippen LogP contribution in [0.4, 0.5) is 8.78 Å². The van der Waals surface area contributed by atoms with Gasteiger partial charge in [-0.15, -0.1) is 0 Å². The monoisotopic (exact) mass is 214 g/mol. The SMILES string of the molecule is COc1c(C(F)F)cc(=O)[nH]c1CC#N. The lowest BCUT2D eigenvalue weighted by molar-refractivity contribution is 0.146. The minimum atomic E-state index is -2.81. The van der Waals surface area contributed by atoms with Crippen molar-refractivity contribution in [3.63, 3.8) is 0 Å². The number of rotatable bonds is 3. The van der Waals surface area contributed by atoms with Crippen molar-refractivity contribution in [1.29, 1.82) is 5.26 Å². The number of pyridine rings is 1. The third-order valence-electron chi connectivity index (χ3n) is 1.79. The number of nitriles is 1. The van der Waals surface area contributed by atoms with E-state index in [1.807, 2.05) is 0 Å². The summed E-state index contributed by atoms with van der Waals surface area (Å²) in [5.41, 5.74) is -1.09. The predicted octanol–water partition coefficient (Wildman–Crippen LogP) is 1.39. The van der Waals surface area contributed by atoms with Gasteiger partial charge in [0.15, 0.2) is 0 Å². The molecule has 1 aromatic rings. The van der Waals surface area contributed by atoms with Crippen LogP contribution in [0, 0.1) is 11.3 Å². The van der Waals surface area contributed by atoms with Crippen molar-refractivity contribution in [3.05, 3.63) is 27.7 Å². The smallest absolute Gasteiger partial charge is 0.267 e. The molecule has 0 aliphatic carbocycles. The summed E-state index contributed by atoms with van der Waals surface area (Å²) in [7, 11) is 1.21. The first-order valence-electron chi connectivity index (χ1n) is 4.05. The Bertz CT molecular complexity index is 448. The molecule has 1 aromatic heterocycles. The lowest BCUT2D eigenvalue weighted by Gasteiger charge is -2.10. The third kappa shape index (κ3) is 2.31. The van der Waals surface area contributed by atoms with Gasteiger partial charge in [-0.1, -0.05) is 0 Å². The van der Waals surface area contributed by atoms with Crippen molar-refractivity contribution >= 4 is 0 Å². The molecule has 0 unspecified atom stereocenters. The van der Waals surface area contributed by atoms with E-state index in [1.54, 1.807) is 6.07 Å². The first kappa shape index (κ1) is 11.2. The second-order valence-corrected chi connectivity index (χ2v) is 2.74. The van der Waals surface area contributed by atoms with Gasteiger partial charge in [0.25, 0.3) is 6.43 Å². The maximum absolute atomic E-state index is 12.5. The van der Waals surface area contributed by atoms with E-state index in [2.05, 4.69) is 4.98 Å². The van der Waals surface area contributed by atoms with Crippen molar-refractivity contribution in [2.75, 3.05) is 7.11 Å². The van der Waals surface area contributed by atoms with Crippen molar-refractivity contribution in [1.82, 2.24) is 4.98 Å². The molecule has 15 heavy (non-hydrogen) atoms.